The van der Waals surface area contributed by atoms with Gasteiger partial charge in [0.15, 0.2) is 0 Å². The fourth-order valence-corrected chi connectivity index (χ4v) is 2.14. The number of anilines is 1. The van der Waals surface area contributed by atoms with Crippen molar-refractivity contribution >= 4 is 40.3 Å². The zero-order chi connectivity index (χ0) is 15.5. The van der Waals surface area contributed by atoms with Crippen molar-refractivity contribution in [3.8, 4) is 0 Å². The van der Waals surface area contributed by atoms with E-state index in [9.17, 15) is 14.0 Å². The molecule has 3 N–H and O–H groups in total. The third kappa shape index (κ3) is 4.62. The van der Waals surface area contributed by atoms with Crippen LogP contribution in [0.2, 0.25) is 0 Å². The molecule has 2 amide bonds. The van der Waals surface area contributed by atoms with Crippen LogP contribution < -0.4 is 10.6 Å². The Bertz CT molecular complexity index is 529. The van der Waals surface area contributed by atoms with Crippen molar-refractivity contribution in [3.05, 3.63) is 27.6 Å². The van der Waals surface area contributed by atoms with Crippen LogP contribution in [0.1, 0.15) is 20.8 Å². The fourth-order valence-electron chi connectivity index (χ4n) is 1.53. The topological polar surface area (TPSA) is 78.4 Å². The van der Waals surface area contributed by atoms with Crippen LogP contribution in [0.15, 0.2) is 18.2 Å². The molecule has 0 bridgehead atoms. The second-order valence-electron chi connectivity index (χ2n) is 5.36. The standard InChI is InChI=1S/C13H16FIN2O3/c1-13(2,3)10(11(18)19)17-12(20)16-9-5-4-7(14)6-8(9)15/h4-6,10H,1-3H3,(H,18,19)(H2,16,17,20). The summed E-state index contributed by atoms with van der Waals surface area (Å²) in [4.78, 5) is 23.0. The number of hydrogen-bond donors (Lipinski definition) is 3. The van der Waals surface area contributed by atoms with Crippen LogP contribution in [-0.4, -0.2) is 23.1 Å². The Morgan fingerprint density at radius 1 is 1.35 bits per heavy atom. The van der Waals surface area contributed by atoms with E-state index in [4.69, 9.17) is 5.11 Å². The largest absolute Gasteiger partial charge is 0.480 e. The lowest BCUT2D eigenvalue weighted by Crippen LogP contribution is -2.50. The van der Waals surface area contributed by atoms with E-state index in [1.54, 1.807) is 20.8 Å². The van der Waals surface area contributed by atoms with Gasteiger partial charge in [-0.3, -0.25) is 0 Å². The number of carbonyl (C=O) groups is 2. The Labute approximate surface area is 130 Å². The number of aliphatic carboxylic acids is 1. The zero-order valence-electron chi connectivity index (χ0n) is 11.3. The molecule has 7 heteroatoms. The predicted octanol–water partition coefficient (Wildman–Crippen LogP) is 3.05. The van der Waals surface area contributed by atoms with Gasteiger partial charge in [0.25, 0.3) is 0 Å². The Balaban J connectivity index is 2.79. The van der Waals surface area contributed by atoms with Crippen molar-refractivity contribution in [3.63, 3.8) is 0 Å². The molecule has 0 saturated carbocycles. The number of hydrogen-bond acceptors (Lipinski definition) is 2. The Kier molecular flexibility index (Phi) is 5.32. The van der Waals surface area contributed by atoms with Gasteiger partial charge in [-0.15, -0.1) is 0 Å². The smallest absolute Gasteiger partial charge is 0.326 e. The van der Waals surface area contributed by atoms with E-state index in [0.29, 0.717) is 9.26 Å². The van der Waals surface area contributed by atoms with Crippen LogP contribution in [0.25, 0.3) is 0 Å². The van der Waals surface area contributed by atoms with E-state index >= 15 is 0 Å². The summed E-state index contributed by atoms with van der Waals surface area (Å²) < 4.78 is 13.5. The van der Waals surface area contributed by atoms with Gasteiger partial charge in [0.05, 0.1) is 5.69 Å². The molecule has 0 fully saturated rings. The van der Waals surface area contributed by atoms with Crippen molar-refractivity contribution in [2.24, 2.45) is 5.41 Å². The van der Waals surface area contributed by atoms with E-state index in [-0.39, 0.29) is 0 Å². The first kappa shape index (κ1) is 16.7. The fraction of sp³-hybridized carbons (Fsp3) is 0.385. The number of amides is 2. The molecule has 0 radical (unpaired) electrons. The first-order valence-electron chi connectivity index (χ1n) is 5.86. The van der Waals surface area contributed by atoms with Gasteiger partial charge in [-0.2, -0.15) is 0 Å². The molecule has 0 aromatic heterocycles. The first-order valence-corrected chi connectivity index (χ1v) is 6.94. The third-order valence-electron chi connectivity index (χ3n) is 2.57. The van der Waals surface area contributed by atoms with E-state index < -0.39 is 29.3 Å². The van der Waals surface area contributed by atoms with Crippen LogP contribution >= 0.6 is 22.6 Å². The molecule has 0 heterocycles. The maximum atomic E-state index is 12.9. The van der Waals surface area contributed by atoms with E-state index in [0.717, 1.165) is 0 Å². The molecule has 110 valence electrons. The summed E-state index contributed by atoms with van der Waals surface area (Å²) in [6, 6.07) is 2.24. The van der Waals surface area contributed by atoms with Gasteiger partial charge < -0.3 is 15.7 Å². The molecular formula is C13H16FIN2O3. The average molecular weight is 394 g/mol. The predicted molar refractivity (Wildman–Crippen MR) is 82.2 cm³/mol. The molecule has 1 unspecified atom stereocenters. The van der Waals surface area contributed by atoms with Crippen LogP contribution in [0.3, 0.4) is 0 Å². The second-order valence-corrected chi connectivity index (χ2v) is 6.52. The average Bonchev–Trinajstić information content (AvgIpc) is 2.28. The number of carboxylic acids is 1. The number of carboxylic acid groups (broad SMARTS) is 1. The molecular weight excluding hydrogens is 378 g/mol. The van der Waals surface area contributed by atoms with Gasteiger partial charge in [0.1, 0.15) is 11.9 Å². The van der Waals surface area contributed by atoms with Crippen molar-refractivity contribution < 1.29 is 19.1 Å². The van der Waals surface area contributed by atoms with Crippen LogP contribution in [-0.2, 0) is 4.79 Å². The van der Waals surface area contributed by atoms with Crippen LogP contribution in [0.4, 0.5) is 14.9 Å². The van der Waals surface area contributed by atoms with E-state index in [1.807, 2.05) is 22.6 Å². The summed E-state index contributed by atoms with van der Waals surface area (Å²) >= 11 is 1.88. The first-order chi connectivity index (χ1) is 9.11. The highest BCUT2D eigenvalue weighted by atomic mass is 127. The zero-order valence-corrected chi connectivity index (χ0v) is 13.5. The lowest BCUT2D eigenvalue weighted by atomic mass is 9.87. The van der Waals surface area contributed by atoms with Gasteiger partial charge in [0.2, 0.25) is 0 Å². The minimum Gasteiger partial charge on any atom is -0.480 e. The Morgan fingerprint density at radius 3 is 2.40 bits per heavy atom. The third-order valence-corrected chi connectivity index (χ3v) is 3.46. The molecule has 0 aliphatic carbocycles. The lowest BCUT2D eigenvalue weighted by molar-refractivity contribution is -0.141. The Morgan fingerprint density at radius 2 is 1.95 bits per heavy atom. The van der Waals surface area contributed by atoms with Gasteiger partial charge in [0, 0.05) is 3.57 Å². The number of carbonyl (C=O) groups excluding carboxylic acids is 1. The number of rotatable bonds is 3. The van der Waals surface area contributed by atoms with Crippen molar-refractivity contribution in [2.75, 3.05) is 5.32 Å². The molecule has 20 heavy (non-hydrogen) atoms. The molecule has 5 nitrogen and oxygen atoms in total. The normalized spacial score (nSPS) is 12.7. The SMILES string of the molecule is CC(C)(C)C(NC(=O)Nc1ccc(F)cc1I)C(=O)O. The van der Waals surface area contributed by atoms with Crippen LogP contribution in [0.5, 0.6) is 0 Å². The molecule has 0 aliphatic rings. The summed E-state index contributed by atoms with van der Waals surface area (Å²) in [6.07, 6.45) is 0. The van der Waals surface area contributed by atoms with Crippen LogP contribution in [0, 0.1) is 14.8 Å². The molecule has 1 rings (SSSR count). The van der Waals surface area contributed by atoms with Crippen molar-refractivity contribution in [1.82, 2.24) is 5.32 Å². The Hall–Kier alpha value is -1.38. The number of nitrogens with one attached hydrogen (secondary N) is 2. The van der Waals surface area contributed by atoms with Gasteiger partial charge in [-0.1, -0.05) is 20.8 Å². The number of urea groups is 1. The summed E-state index contributed by atoms with van der Waals surface area (Å²) in [7, 11) is 0. The highest BCUT2D eigenvalue weighted by Gasteiger charge is 2.32. The number of benzene rings is 1. The van der Waals surface area contributed by atoms with Crippen molar-refractivity contribution in [1.29, 1.82) is 0 Å². The molecule has 1 atom stereocenters. The number of halogens is 2. The van der Waals surface area contributed by atoms with Gasteiger partial charge in [-0.05, 0) is 46.2 Å². The monoisotopic (exact) mass is 394 g/mol. The highest BCUT2D eigenvalue weighted by molar-refractivity contribution is 14.1. The summed E-state index contributed by atoms with van der Waals surface area (Å²) in [5, 5.41) is 14.0. The molecule has 0 aliphatic heterocycles. The van der Waals surface area contributed by atoms with Gasteiger partial charge >= 0.3 is 12.0 Å². The van der Waals surface area contributed by atoms with E-state index in [1.165, 1.54) is 18.2 Å². The maximum Gasteiger partial charge on any atom is 0.326 e. The highest BCUT2D eigenvalue weighted by Crippen LogP contribution is 2.21. The minimum absolute atomic E-state index is 0.404. The minimum atomic E-state index is -1.11. The molecule has 1 aromatic carbocycles. The van der Waals surface area contributed by atoms with Crippen molar-refractivity contribution in [2.45, 2.75) is 26.8 Å². The summed E-state index contributed by atoms with van der Waals surface area (Å²) in [5.74, 6) is -1.51. The molecule has 0 saturated heterocycles. The maximum absolute atomic E-state index is 12.9. The quantitative estimate of drug-likeness (QED) is 0.690. The second kappa shape index (κ2) is 6.38. The summed E-state index contributed by atoms with van der Waals surface area (Å²) in [5.41, 5.74) is -0.207. The summed E-state index contributed by atoms with van der Waals surface area (Å²) in [6.45, 7) is 5.15. The molecule has 0 spiro atoms. The van der Waals surface area contributed by atoms with E-state index in [2.05, 4.69) is 10.6 Å². The lowest BCUT2D eigenvalue weighted by Gasteiger charge is -2.27. The molecule has 1 aromatic rings. The van der Waals surface area contributed by atoms with Gasteiger partial charge in [-0.25, -0.2) is 14.0 Å².